The number of benzene rings is 1. The van der Waals surface area contributed by atoms with Gasteiger partial charge in [-0.15, -0.1) is 23.2 Å². The Bertz CT molecular complexity index is 367. The van der Waals surface area contributed by atoms with Gasteiger partial charge >= 0.3 is 0 Å². The van der Waals surface area contributed by atoms with Crippen LogP contribution in [0.5, 0.6) is 11.5 Å². The minimum atomic E-state index is -0.543. The Morgan fingerprint density at radius 3 is 2.05 bits per heavy atom. The molecule has 0 saturated heterocycles. The molecule has 0 N–H and O–H groups in total. The Labute approximate surface area is 126 Å². The molecule has 1 aromatic carbocycles. The molecule has 0 spiro atoms. The summed E-state index contributed by atoms with van der Waals surface area (Å²) in [6.45, 7) is 5.65. The summed E-state index contributed by atoms with van der Waals surface area (Å²) in [5.74, 6) is 1.50. The summed E-state index contributed by atoms with van der Waals surface area (Å²) in [7, 11) is 0. The molecule has 0 amide bonds. The predicted octanol–water partition coefficient (Wildman–Crippen LogP) is 5.52. The molecule has 0 atom stereocenters. The van der Waals surface area contributed by atoms with Gasteiger partial charge in [-0.3, -0.25) is 0 Å². The van der Waals surface area contributed by atoms with Crippen LogP contribution in [0.1, 0.15) is 49.9 Å². The molecule has 0 aliphatic carbocycles. The highest BCUT2D eigenvalue weighted by Gasteiger charge is 2.10. The second-order valence-corrected chi connectivity index (χ2v) is 5.51. The van der Waals surface area contributed by atoms with E-state index >= 15 is 0 Å². The van der Waals surface area contributed by atoms with Crippen LogP contribution in [0.4, 0.5) is 0 Å². The molecule has 1 aromatic rings. The molecule has 1 rings (SSSR count). The second-order valence-electron chi connectivity index (χ2n) is 4.41. The van der Waals surface area contributed by atoms with Gasteiger partial charge in [0.2, 0.25) is 0 Å². The molecule has 2 nitrogen and oxygen atoms in total. The average Bonchev–Trinajstić information content (AvgIpc) is 2.40. The van der Waals surface area contributed by atoms with Crippen LogP contribution >= 0.6 is 23.2 Å². The summed E-state index contributed by atoms with van der Waals surface area (Å²) in [6.07, 6.45) is 4.25. The van der Waals surface area contributed by atoms with Crippen molar-refractivity contribution in [3.63, 3.8) is 0 Å². The number of unbranched alkanes of at least 4 members (excludes halogenated alkanes) is 2. The van der Waals surface area contributed by atoms with E-state index in [2.05, 4.69) is 13.8 Å². The van der Waals surface area contributed by atoms with E-state index in [1.807, 2.05) is 18.2 Å². The van der Waals surface area contributed by atoms with Crippen molar-refractivity contribution in [3.05, 3.63) is 23.8 Å². The topological polar surface area (TPSA) is 18.5 Å². The van der Waals surface area contributed by atoms with E-state index in [1.165, 1.54) is 0 Å². The van der Waals surface area contributed by atoms with E-state index in [9.17, 15) is 0 Å². The third-order valence-corrected chi connectivity index (χ3v) is 3.23. The normalized spacial score (nSPS) is 10.8. The Morgan fingerprint density at radius 1 is 0.947 bits per heavy atom. The zero-order valence-electron chi connectivity index (χ0n) is 11.6. The minimum absolute atomic E-state index is 0.543. The predicted molar refractivity (Wildman–Crippen MR) is 81.7 cm³/mol. The van der Waals surface area contributed by atoms with Crippen LogP contribution in [-0.2, 0) is 0 Å². The Kier molecular flexibility index (Phi) is 8.08. The third kappa shape index (κ3) is 5.92. The van der Waals surface area contributed by atoms with Crippen LogP contribution in [0, 0.1) is 0 Å². The molecule has 0 bridgehead atoms. The maximum Gasteiger partial charge on any atom is 0.161 e. The largest absolute Gasteiger partial charge is 0.490 e. The number of ether oxygens (including phenoxy) is 2. The Morgan fingerprint density at radius 2 is 1.53 bits per heavy atom. The lowest BCUT2D eigenvalue weighted by molar-refractivity contribution is 0.261. The third-order valence-electron chi connectivity index (χ3n) is 2.73. The van der Waals surface area contributed by atoms with Crippen molar-refractivity contribution < 1.29 is 9.47 Å². The van der Waals surface area contributed by atoms with Gasteiger partial charge in [0.15, 0.2) is 11.5 Å². The molecule has 0 heterocycles. The SMILES string of the molecule is CCCCOc1ccc(C(Cl)Cl)cc1OCCCC. The molecule has 0 unspecified atom stereocenters. The van der Waals surface area contributed by atoms with E-state index in [-0.39, 0.29) is 0 Å². The van der Waals surface area contributed by atoms with Crippen LogP contribution < -0.4 is 9.47 Å². The Hall–Kier alpha value is -0.600. The van der Waals surface area contributed by atoms with Gasteiger partial charge in [0, 0.05) is 0 Å². The molecule has 4 heteroatoms. The average molecular weight is 305 g/mol. The quantitative estimate of drug-likeness (QED) is 0.442. The van der Waals surface area contributed by atoms with Crippen molar-refractivity contribution in [3.8, 4) is 11.5 Å². The van der Waals surface area contributed by atoms with Gasteiger partial charge in [-0.25, -0.2) is 0 Å². The highest BCUT2D eigenvalue weighted by Crippen LogP contribution is 2.34. The van der Waals surface area contributed by atoms with Gasteiger partial charge in [0.05, 0.1) is 13.2 Å². The fraction of sp³-hybridized carbons (Fsp3) is 0.600. The van der Waals surface area contributed by atoms with Crippen molar-refractivity contribution in [1.29, 1.82) is 0 Å². The molecular formula is C15H22Cl2O2. The molecule has 19 heavy (non-hydrogen) atoms. The summed E-state index contributed by atoms with van der Waals surface area (Å²) in [4.78, 5) is -0.543. The van der Waals surface area contributed by atoms with Crippen LogP contribution in [-0.4, -0.2) is 13.2 Å². The standard InChI is InChI=1S/C15H22Cl2O2/c1-3-5-9-18-13-8-7-12(15(16)17)11-14(13)19-10-6-4-2/h7-8,11,15H,3-6,9-10H2,1-2H3. The van der Waals surface area contributed by atoms with E-state index in [4.69, 9.17) is 32.7 Å². The summed E-state index contributed by atoms with van der Waals surface area (Å²) in [6, 6.07) is 5.62. The van der Waals surface area contributed by atoms with Crippen LogP contribution in [0.15, 0.2) is 18.2 Å². The smallest absolute Gasteiger partial charge is 0.161 e. The lowest BCUT2D eigenvalue weighted by Crippen LogP contribution is -2.03. The zero-order chi connectivity index (χ0) is 14.1. The Balaban J connectivity index is 2.75. The minimum Gasteiger partial charge on any atom is -0.490 e. The summed E-state index contributed by atoms with van der Waals surface area (Å²) >= 11 is 11.8. The van der Waals surface area contributed by atoms with Crippen molar-refractivity contribution in [1.82, 2.24) is 0 Å². The molecule has 0 aliphatic heterocycles. The van der Waals surface area contributed by atoms with Crippen LogP contribution in [0.3, 0.4) is 0 Å². The molecule has 0 aromatic heterocycles. The first kappa shape index (κ1) is 16.5. The zero-order valence-corrected chi connectivity index (χ0v) is 13.1. The number of halogens is 2. The number of alkyl halides is 2. The lowest BCUT2D eigenvalue weighted by atomic mass is 10.2. The van der Waals surface area contributed by atoms with Gasteiger partial charge < -0.3 is 9.47 Å². The monoisotopic (exact) mass is 304 g/mol. The number of hydrogen-bond donors (Lipinski definition) is 0. The first-order valence-electron chi connectivity index (χ1n) is 6.86. The maximum atomic E-state index is 5.88. The summed E-state index contributed by atoms with van der Waals surface area (Å²) in [5, 5.41) is 0. The van der Waals surface area contributed by atoms with Crippen molar-refractivity contribution in [2.24, 2.45) is 0 Å². The fourth-order valence-electron chi connectivity index (χ4n) is 1.55. The van der Waals surface area contributed by atoms with Gasteiger partial charge in [-0.2, -0.15) is 0 Å². The molecular weight excluding hydrogens is 283 g/mol. The maximum absolute atomic E-state index is 5.88. The van der Waals surface area contributed by atoms with Gasteiger partial charge in [-0.1, -0.05) is 32.8 Å². The van der Waals surface area contributed by atoms with Crippen molar-refractivity contribution in [2.75, 3.05) is 13.2 Å². The molecule has 0 aliphatic rings. The number of rotatable bonds is 9. The lowest BCUT2D eigenvalue weighted by Gasteiger charge is -2.14. The molecule has 108 valence electrons. The number of hydrogen-bond acceptors (Lipinski definition) is 2. The first-order chi connectivity index (χ1) is 9.19. The summed E-state index contributed by atoms with van der Waals surface area (Å²) in [5.41, 5.74) is 0.831. The van der Waals surface area contributed by atoms with Crippen LogP contribution in [0.25, 0.3) is 0 Å². The van der Waals surface area contributed by atoms with Gasteiger partial charge in [0.1, 0.15) is 4.84 Å². The highest BCUT2D eigenvalue weighted by atomic mass is 35.5. The van der Waals surface area contributed by atoms with E-state index in [0.717, 1.165) is 42.7 Å². The van der Waals surface area contributed by atoms with E-state index in [0.29, 0.717) is 13.2 Å². The fourth-order valence-corrected chi connectivity index (χ4v) is 1.82. The molecule has 0 saturated carbocycles. The van der Waals surface area contributed by atoms with E-state index < -0.39 is 4.84 Å². The van der Waals surface area contributed by atoms with Gasteiger partial charge in [-0.05, 0) is 30.5 Å². The van der Waals surface area contributed by atoms with Crippen molar-refractivity contribution in [2.45, 2.75) is 44.4 Å². The highest BCUT2D eigenvalue weighted by molar-refractivity contribution is 6.44. The van der Waals surface area contributed by atoms with Crippen molar-refractivity contribution >= 4 is 23.2 Å². The molecule has 0 radical (unpaired) electrons. The second kappa shape index (κ2) is 9.33. The van der Waals surface area contributed by atoms with Gasteiger partial charge in [0.25, 0.3) is 0 Å². The van der Waals surface area contributed by atoms with Crippen LogP contribution in [0.2, 0.25) is 0 Å². The first-order valence-corrected chi connectivity index (χ1v) is 7.74. The molecule has 0 fully saturated rings. The van der Waals surface area contributed by atoms with E-state index in [1.54, 1.807) is 0 Å². The summed E-state index contributed by atoms with van der Waals surface area (Å²) < 4.78 is 11.5.